The molecule has 1 fully saturated rings. The lowest BCUT2D eigenvalue weighted by Crippen LogP contribution is -2.52. The summed E-state index contributed by atoms with van der Waals surface area (Å²) in [6, 6.07) is 0. The van der Waals surface area contributed by atoms with Gasteiger partial charge in [-0.25, -0.2) is 0 Å². The number of alkyl halides is 1. The fourth-order valence-electron chi connectivity index (χ4n) is 1.80. The third-order valence-electron chi connectivity index (χ3n) is 3.71. The lowest BCUT2D eigenvalue weighted by Gasteiger charge is -2.58. The van der Waals surface area contributed by atoms with Gasteiger partial charge in [-0.3, -0.25) is 0 Å². The van der Waals surface area contributed by atoms with E-state index in [0.29, 0.717) is 10.8 Å². The third kappa shape index (κ3) is 0.887. The summed E-state index contributed by atoms with van der Waals surface area (Å²) in [6.45, 7) is 9.30. The molecule has 0 aliphatic heterocycles. The Labute approximate surface area is 69.0 Å². The molecule has 1 unspecified atom stereocenters. The zero-order valence-electron chi connectivity index (χ0n) is 7.37. The number of hydrogen-bond acceptors (Lipinski definition) is 0. The van der Waals surface area contributed by atoms with Gasteiger partial charge in [0.05, 0.1) is 0 Å². The average molecular weight is 161 g/mol. The Morgan fingerprint density at radius 3 is 1.90 bits per heavy atom. The smallest absolute Gasteiger partial charge is 0.0257 e. The summed E-state index contributed by atoms with van der Waals surface area (Å²) in [7, 11) is 0. The number of hydrogen-bond donors (Lipinski definition) is 0. The predicted molar refractivity (Wildman–Crippen MR) is 46.4 cm³/mol. The summed E-state index contributed by atoms with van der Waals surface area (Å²) in [5.41, 5.74) is 0.960. The Balaban J connectivity index is 2.65. The zero-order chi connectivity index (χ0) is 7.99. The number of halogens is 1. The van der Waals surface area contributed by atoms with Crippen molar-refractivity contribution >= 4 is 11.6 Å². The monoisotopic (exact) mass is 160 g/mol. The van der Waals surface area contributed by atoms with Gasteiger partial charge in [0.1, 0.15) is 0 Å². The minimum atomic E-state index is 0.453. The van der Waals surface area contributed by atoms with Crippen LogP contribution < -0.4 is 0 Å². The van der Waals surface area contributed by atoms with Crippen LogP contribution in [0.2, 0.25) is 0 Å². The number of rotatable bonds is 1. The Hall–Kier alpha value is 0.290. The van der Waals surface area contributed by atoms with E-state index in [-0.39, 0.29) is 0 Å². The first-order chi connectivity index (χ1) is 4.42. The first-order valence-electron chi connectivity index (χ1n) is 3.98. The lowest BCUT2D eigenvalue weighted by atomic mass is 9.47. The van der Waals surface area contributed by atoms with Crippen molar-refractivity contribution in [3.05, 3.63) is 0 Å². The minimum absolute atomic E-state index is 0.453. The standard InChI is InChI=1S/C9H17Cl/c1-8(2)5-7(6-10)9(8,3)4/h7H,5-6H2,1-4H3. The second kappa shape index (κ2) is 2.14. The van der Waals surface area contributed by atoms with E-state index in [1.807, 2.05) is 0 Å². The minimum Gasteiger partial charge on any atom is -0.126 e. The Kier molecular flexibility index (Phi) is 1.79. The molecule has 0 heterocycles. The quantitative estimate of drug-likeness (QED) is 0.517. The molecular weight excluding hydrogens is 144 g/mol. The highest BCUT2D eigenvalue weighted by Gasteiger charge is 2.52. The lowest BCUT2D eigenvalue weighted by molar-refractivity contribution is -0.0813. The Bertz CT molecular complexity index is 136. The largest absolute Gasteiger partial charge is 0.126 e. The van der Waals surface area contributed by atoms with Crippen LogP contribution in [0, 0.1) is 16.7 Å². The molecule has 60 valence electrons. The molecule has 0 aromatic carbocycles. The molecule has 1 aliphatic carbocycles. The van der Waals surface area contributed by atoms with Crippen LogP contribution in [0.5, 0.6) is 0 Å². The van der Waals surface area contributed by atoms with Gasteiger partial charge in [-0.15, -0.1) is 11.6 Å². The molecule has 10 heavy (non-hydrogen) atoms. The summed E-state index contributed by atoms with van der Waals surface area (Å²) in [6.07, 6.45) is 1.30. The molecule has 0 aromatic rings. The first-order valence-corrected chi connectivity index (χ1v) is 4.51. The maximum Gasteiger partial charge on any atom is 0.0257 e. The molecule has 1 saturated carbocycles. The predicted octanol–water partition coefficient (Wildman–Crippen LogP) is 3.30. The molecule has 1 rings (SSSR count). The molecule has 0 N–H and O–H groups in total. The highest BCUT2D eigenvalue weighted by atomic mass is 35.5. The van der Waals surface area contributed by atoms with Gasteiger partial charge >= 0.3 is 0 Å². The van der Waals surface area contributed by atoms with Crippen LogP contribution in [0.4, 0.5) is 0 Å². The van der Waals surface area contributed by atoms with E-state index in [9.17, 15) is 0 Å². The van der Waals surface area contributed by atoms with Crippen molar-refractivity contribution in [2.45, 2.75) is 34.1 Å². The summed E-state index contributed by atoms with van der Waals surface area (Å²) in [5.74, 6) is 1.57. The maximum absolute atomic E-state index is 5.82. The third-order valence-corrected chi connectivity index (χ3v) is 4.08. The van der Waals surface area contributed by atoms with Gasteiger partial charge in [0.15, 0.2) is 0 Å². The van der Waals surface area contributed by atoms with Crippen LogP contribution in [0.3, 0.4) is 0 Å². The molecule has 1 atom stereocenters. The van der Waals surface area contributed by atoms with Crippen molar-refractivity contribution in [3.8, 4) is 0 Å². The molecule has 0 radical (unpaired) electrons. The molecule has 0 saturated heterocycles. The van der Waals surface area contributed by atoms with Crippen molar-refractivity contribution < 1.29 is 0 Å². The Morgan fingerprint density at radius 1 is 1.30 bits per heavy atom. The molecule has 0 nitrogen and oxygen atoms in total. The van der Waals surface area contributed by atoms with Crippen LogP contribution in [0.25, 0.3) is 0 Å². The summed E-state index contributed by atoms with van der Waals surface area (Å²) < 4.78 is 0. The summed E-state index contributed by atoms with van der Waals surface area (Å²) >= 11 is 5.82. The fourth-order valence-corrected chi connectivity index (χ4v) is 2.30. The summed E-state index contributed by atoms with van der Waals surface area (Å²) in [4.78, 5) is 0. The molecule has 0 spiro atoms. The topological polar surface area (TPSA) is 0 Å². The van der Waals surface area contributed by atoms with Crippen molar-refractivity contribution in [1.29, 1.82) is 0 Å². The van der Waals surface area contributed by atoms with E-state index >= 15 is 0 Å². The summed E-state index contributed by atoms with van der Waals surface area (Å²) in [5, 5.41) is 0. The van der Waals surface area contributed by atoms with Crippen LogP contribution >= 0.6 is 11.6 Å². The van der Waals surface area contributed by atoms with E-state index in [0.717, 1.165) is 11.8 Å². The second-order valence-corrected chi connectivity index (χ2v) is 4.97. The van der Waals surface area contributed by atoms with Gasteiger partial charge in [-0.2, -0.15) is 0 Å². The van der Waals surface area contributed by atoms with Gasteiger partial charge < -0.3 is 0 Å². The molecule has 0 aromatic heterocycles. The highest BCUT2D eigenvalue weighted by molar-refractivity contribution is 6.18. The van der Waals surface area contributed by atoms with Gasteiger partial charge in [0, 0.05) is 5.88 Å². The van der Waals surface area contributed by atoms with Gasteiger partial charge in [0.25, 0.3) is 0 Å². The van der Waals surface area contributed by atoms with E-state index in [4.69, 9.17) is 11.6 Å². The van der Waals surface area contributed by atoms with Gasteiger partial charge in [0.2, 0.25) is 0 Å². The SMILES string of the molecule is CC1(C)CC(CCl)C1(C)C. The zero-order valence-corrected chi connectivity index (χ0v) is 8.13. The normalized spacial score (nSPS) is 35.1. The first kappa shape index (κ1) is 8.39. The molecule has 0 amide bonds. The van der Waals surface area contributed by atoms with Crippen molar-refractivity contribution in [3.63, 3.8) is 0 Å². The van der Waals surface area contributed by atoms with Gasteiger partial charge in [-0.1, -0.05) is 27.7 Å². The van der Waals surface area contributed by atoms with Crippen LogP contribution in [-0.4, -0.2) is 5.88 Å². The average Bonchev–Trinajstić information content (AvgIpc) is 1.83. The molecule has 0 bridgehead atoms. The maximum atomic E-state index is 5.82. The highest BCUT2D eigenvalue weighted by Crippen LogP contribution is 2.60. The van der Waals surface area contributed by atoms with Crippen LogP contribution in [-0.2, 0) is 0 Å². The fraction of sp³-hybridized carbons (Fsp3) is 1.00. The molecule has 1 heteroatoms. The second-order valence-electron chi connectivity index (χ2n) is 4.66. The van der Waals surface area contributed by atoms with Crippen LogP contribution in [0.15, 0.2) is 0 Å². The Morgan fingerprint density at radius 2 is 1.80 bits per heavy atom. The molecular formula is C9H17Cl. The van der Waals surface area contributed by atoms with Crippen LogP contribution in [0.1, 0.15) is 34.1 Å². The van der Waals surface area contributed by atoms with Crippen molar-refractivity contribution in [2.75, 3.05) is 5.88 Å². The van der Waals surface area contributed by atoms with E-state index < -0.39 is 0 Å². The van der Waals surface area contributed by atoms with Crippen molar-refractivity contribution in [2.24, 2.45) is 16.7 Å². The van der Waals surface area contributed by atoms with E-state index in [1.165, 1.54) is 6.42 Å². The van der Waals surface area contributed by atoms with E-state index in [2.05, 4.69) is 27.7 Å². The van der Waals surface area contributed by atoms with Crippen molar-refractivity contribution in [1.82, 2.24) is 0 Å². The van der Waals surface area contributed by atoms with E-state index in [1.54, 1.807) is 0 Å². The molecule has 1 aliphatic rings. The van der Waals surface area contributed by atoms with Gasteiger partial charge in [-0.05, 0) is 23.2 Å².